The molecule has 2 fully saturated rings. The maximum Gasteiger partial charge on any atom is 0.252 e. The van der Waals surface area contributed by atoms with Crippen molar-refractivity contribution in [3.63, 3.8) is 0 Å². The summed E-state index contributed by atoms with van der Waals surface area (Å²) in [6, 6.07) is 9.55. The Kier molecular flexibility index (Phi) is 7.75. The van der Waals surface area contributed by atoms with E-state index in [0.29, 0.717) is 6.42 Å². The van der Waals surface area contributed by atoms with Gasteiger partial charge in [-0.05, 0) is 43.2 Å². The number of hydrogen-bond donors (Lipinski definition) is 1. The predicted octanol–water partition coefficient (Wildman–Crippen LogP) is 4.84. The highest BCUT2D eigenvalue weighted by molar-refractivity contribution is 6.31. The third-order valence-corrected chi connectivity index (χ3v) is 7.31. The van der Waals surface area contributed by atoms with Crippen LogP contribution >= 0.6 is 11.6 Å². The van der Waals surface area contributed by atoms with E-state index in [1.165, 1.54) is 47.6 Å². The lowest BCUT2D eigenvalue weighted by Gasteiger charge is -2.41. The monoisotopic (exact) mass is 571 g/mol. The molecule has 5 rings (SSSR count). The van der Waals surface area contributed by atoms with Crippen LogP contribution in [0.1, 0.15) is 43.7 Å². The summed E-state index contributed by atoms with van der Waals surface area (Å²) in [6.07, 6.45) is 2.55. The molecule has 1 N–H and O–H groups in total. The van der Waals surface area contributed by atoms with E-state index in [1.54, 1.807) is 18.2 Å². The molecule has 1 unspecified atom stereocenters. The van der Waals surface area contributed by atoms with Crippen molar-refractivity contribution in [1.29, 1.82) is 0 Å². The highest BCUT2D eigenvalue weighted by atomic mass is 35.5. The average Bonchev–Trinajstić information content (AvgIpc) is 2.91. The second kappa shape index (κ2) is 11.2. The number of carbonyl (C=O) groups excluding carboxylic acids is 3. The molecule has 2 heterocycles. The number of amides is 3. The maximum absolute atomic E-state index is 14.5. The van der Waals surface area contributed by atoms with Crippen molar-refractivity contribution < 1.29 is 27.6 Å². The Morgan fingerprint density at radius 2 is 1.80 bits per heavy atom. The first kappa shape index (κ1) is 27.6. The highest BCUT2D eigenvalue weighted by Crippen LogP contribution is 2.39. The Bertz CT molecular complexity index is 1420. The molecule has 40 heavy (non-hydrogen) atoms. The SMILES string of the molecule is O=C(NC1CC(F)(F)C1)[C@@H](c1ccccc1Cl)N(C(=O)C1CCCC(=O)N1c1ncccn1)c1cccc(F)c1. The van der Waals surface area contributed by atoms with Crippen LogP contribution < -0.4 is 15.1 Å². The van der Waals surface area contributed by atoms with Crippen LogP contribution in [-0.4, -0.2) is 45.7 Å². The Hall–Kier alpha value is -3.99. The summed E-state index contributed by atoms with van der Waals surface area (Å²) >= 11 is 6.50. The molecule has 0 bridgehead atoms. The summed E-state index contributed by atoms with van der Waals surface area (Å²) in [7, 11) is 0. The lowest BCUT2D eigenvalue weighted by Crippen LogP contribution is -2.58. The van der Waals surface area contributed by atoms with E-state index in [9.17, 15) is 27.6 Å². The predicted molar refractivity (Wildman–Crippen MR) is 141 cm³/mol. The van der Waals surface area contributed by atoms with Crippen LogP contribution in [0, 0.1) is 5.82 Å². The minimum absolute atomic E-state index is 0.0141. The van der Waals surface area contributed by atoms with Crippen LogP contribution in [0.3, 0.4) is 0 Å². The first-order valence-electron chi connectivity index (χ1n) is 12.7. The largest absolute Gasteiger partial charge is 0.351 e. The summed E-state index contributed by atoms with van der Waals surface area (Å²) in [6.45, 7) is 0. The van der Waals surface area contributed by atoms with Crippen LogP contribution in [0.25, 0.3) is 0 Å². The maximum atomic E-state index is 14.5. The van der Waals surface area contributed by atoms with Crippen LogP contribution in [0.2, 0.25) is 5.02 Å². The van der Waals surface area contributed by atoms with Crippen LogP contribution in [-0.2, 0) is 14.4 Å². The minimum Gasteiger partial charge on any atom is -0.351 e. The van der Waals surface area contributed by atoms with Crippen molar-refractivity contribution in [2.24, 2.45) is 0 Å². The molecule has 1 saturated carbocycles. The van der Waals surface area contributed by atoms with E-state index in [2.05, 4.69) is 15.3 Å². The number of halogens is 4. The molecule has 8 nitrogen and oxygen atoms in total. The topological polar surface area (TPSA) is 95.5 Å². The molecule has 1 saturated heterocycles. The number of hydrogen-bond acceptors (Lipinski definition) is 5. The fourth-order valence-corrected chi connectivity index (χ4v) is 5.34. The molecule has 1 aromatic heterocycles. The van der Waals surface area contributed by atoms with E-state index in [4.69, 9.17) is 11.6 Å². The molecule has 2 aliphatic rings. The molecule has 2 atom stereocenters. The first-order valence-corrected chi connectivity index (χ1v) is 13.1. The molecule has 2 aromatic carbocycles. The van der Waals surface area contributed by atoms with E-state index in [-0.39, 0.29) is 41.0 Å². The third kappa shape index (κ3) is 5.65. The molecule has 3 amide bonds. The van der Waals surface area contributed by atoms with Gasteiger partial charge < -0.3 is 5.32 Å². The molecule has 12 heteroatoms. The van der Waals surface area contributed by atoms with E-state index in [0.717, 1.165) is 11.0 Å². The lowest BCUT2D eigenvalue weighted by molar-refractivity contribution is -0.133. The summed E-state index contributed by atoms with van der Waals surface area (Å²) in [4.78, 5) is 51.9. The van der Waals surface area contributed by atoms with Gasteiger partial charge in [-0.2, -0.15) is 0 Å². The second-order valence-corrected chi connectivity index (χ2v) is 10.2. The van der Waals surface area contributed by atoms with Gasteiger partial charge in [0.15, 0.2) is 0 Å². The van der Waals surface area contributed by atoms with Gasteiger partial charge in [0, 0.05) is 54.0 Å². The van der Waals surface area contributed by atoms with Gasteiger partial charge in [-0.25, -0.2) is 23.1 Å². The normalized spacial score (nSPS) is 19.4. The van der Waals surface area contributed by atoms with Crippen molar-refractivity contribution in [1.82, 2.24) is 15.3 Å². The first-order chi connectivity index (χ1) is 19.1. The van der Waals surface area contributed by atoms with Gasteiger partial charge in [0.2, 0.25) is 17.8 Å². The number of piperidine rings is 1. The second-order valence-electron chi connectivity index (χ2n) is 9.80. The molecular formula is C28H25ClF3N5O3. The molecule has 0 radical (unpaired) electrons. The van der Waals surface area contributed by atoms with Crippen molar-refractivity contribution in [2.45, 2.75) is 56.2 Å². The molecule has 0 spiro atoms. The highest BCUT2D eigenvalue weighted by Gasteiger charge is 2.48. The van der Waals surface area contributed by atoms with Crippen LogP contribution in [0.15, 0.2) is 67.0 Å². The Morgan fingerprint density at radius 3 is 2.48 bits per heavy atom. The van der Waals surface area contributed by atoms with Gasteiger partial charge >= 0.3 is 0 Å². The lowest BCUT2D eigenvalue weighted by atomic mass is 9.87. The fraction of sp³-hybridized carbons (Fsp3) is 0.321. The van der Waals surface area contributed by atoms with Gasteiger partial charge in [-0.1, -0.05) is 35.9 Å². The number of rotatable bonds is 7. The Labute approximate surface area is 233 Å². The van der Waals surface area contributed by atoms with Crippen molar-refractivity contribution in [2.75, 3.05) is 9.80 Å². The summed E-state index contributed by atoms with van der Waals surface area (Å²) in [5, 5.41) is 2.74. The smallest absolute Gasteiger partial charge is 0.252 e. The third-order valence-electron chi connectivity index (χ3n) is 6.97. The quantitative estimate of drug-likeness (QED) is 0.438. The number of aromatic nitrogens is 2. The summed E-state index contributed by atoms with van der Waals surface area (Å²) in [5.74, 6) is -5.41. The standard InChI is InChI=1S/C28H25ClF3N5O3/c29-21-9-2-1-8-20(21)24(25(39)35-18-15-28(31,32)16-18)36(19-7-3-6-17(30)14-19)26(40)22-10-4-11-23(38)37(22)27-33-12-5-13-34-27/h1-3,5-9,12-14,18,22,24H,4,10-11,15-16H2,(H,35,39)/t22?,24-/m1/s1. The number of carbonyl (C=O) groups is 3. The van der Waals surface area contributed by atoms with Gasteiger partial charge in [0.05, 0.1) is 0 Å². The number of nitrogens with zero attached hydrogens (tertiary/aromatic N) is 4. The van der Waals surface area contributed by atoms with Gasteiger partial charge in [-0.3, -0.25) is 24.2 Å². The number of anilines is 2. The molecule has 1 aliphatic carbocycles. The fourth-order valence-electron chi connectivity index (χ4n) is 5.10. The van der Waals surface area contributed by atoms with Crippen molar-refractivity contribution in [3.8, 4) is 0 Å². The zero-order valence-electron chi connectivity index (χ0n) is 21.1. The zero-order valence-corrected chi connectivity index (χ0v) is 21.9. The van der Waals surface area contributed by atoms with E-state index < -0.39 is 54.5 Å². The summed E-state index contributed by atoms with van der Waals surface area (Å²) < 4.78 is 41.7. The van der Waals surface area contributed by atoms with Gasteiger partial charge in [-0.15, -0.1) is 0 Å². The zero-order chi connectivity index (χ0) is 28.4. The van der Waals surface area contributed by atoms with Crippen LogP contribution in [0.5, 0.6) is 0 Å². The van der Waals surface area contributed by atoms with Crippen molar-refractivity contribution >= 4 is 41.0 Å². The molecular weight excluding hydrogens is 547 g/mol. The molecule has 1 aliphatic heterocycles. The minimum atomic E-state index is -2.89. The van der Waals surface area contributed by atoms with Crippen LogP contribution in [0.4, 0.5) is 24.8 Å². The Morgan fingerprint density at radius 1 is 1.07 bits per heavy atom. The van der Waals surface area contributed by atoms with E-state index in [1.807, 2.05) is 0 Å². The molecule has 3 aromatic rings. The van der Waals surface area contributed by atoms with E-state index >= 15 is 0 Å². The average molecular weight is 572 g/mol. The number of nitrogens with one attached hydrogen (secondary N) is 1. The molecule has 208 valence electrons. The Balaban J connectivity index is 1.61. The summed E-state index contributed by atoms with van der Waals surface area (Å²) in [5.41, 5.74) is 0.228. The van der Waals surface area contributed by atoms with Gasteiger partial charge in [0.25, 0.3) is 11.8 Å². The van der Waals surface area contributed by atoms with Crippen molar-refractivity contribution in [3.05, 3.63) is 83.4 Å². The van der Waals surface area contributed by atoms with Gasteiger partial charge in [0.1, 0.15) is 17.9 Å². The number of benzene rings is 2. The number of alkyl halides is 2.